The summed E-state index contributed by atoms with van der Waals surface area (Å²) in [4.78, 5) is 28.9. The fourth-order valence-electron chi connectivity index (χ4n) is 4.28. The predicted octanol–water partition coefficient (Wildman–Crippen LogP) is 3.04. The van der Waals surface area contributed by atoms with Gasteiger partial charge in [-0.15, -0.1) is 0 Å². The lowest BCUT2D eigenvalue weighted by Gasteiger charge is -2.08. The topological polar surface area (TPSA) is 97.6 Å². The molecule has 0 fully saturated rings. The monoisotopic (exact) mass is 440 g/mol. The Morgan fingerprint density at radius 2 is 1.79 bits per heavy atom. The molecular weight excluding hydrogens is 416 g/mol. The molecule has 0 unspecified atom stereocenters. The Morgan fingerprint density at radius 3 is 2.61 bits per heavy atom. The molecule has 3 aromatic heterocycles. The van der Waals surface area contributed by atoms with E-state index in [4.69, 9.17) is 0 Å². The van der Waals surface area contributed by atoms with Crippen molar-refractivity contribution >= 4 is 27.7 Å². The van der Waals surface area contributed by atoms with E-state index >= 15 is 0 Å². The quantitative estimate of drug-likeness (QED) is 0.424. The van der Waals surface area contributed by atoms with Crippen LogP contribution in [0.5, 0.6) is 0 Å². The summed E-state index contributed by atoms with van der Waals surface area (Å²) >= 11 is 0. The van der Waals surface area contributed by atoms with E-state index in [1.54, 1.807) is 4.68 Å². The third-order valence-electron chi connectivity index (χ3n) is 5.87. The summed E-state index contributed by atoms with van der Waals surface area (Å²) in [5.74, 6) is -0.262. The number of aromatic nitrogens is 5. The van der Waals surface area contributed by atoms with Gasteiger partial charge >= 0.3 is 0 Å². The molecule has 2 N–H and O–H groups in total. The maximum Gasteiger partial charge on any atom is 0.295 e. The molecule has 3 heterocycles. The SMILES string of the molecule is Cc1nn(CC(=O)NCCc2c[nH]c3ccccc23)c(=O)c2nn(-c3ccccc3)c(C)c12. The molecule has 8 heteroatoms. The highest BCUT2D eigenvalue weighted by molar-refractivity contribution is 5.84. The Hall–Kier alpha value is -4.20. The first-order valence-electron chi connectivity index (χ1n) is 10.9. The van der Waals surface area contributed by atoms with Crippen LogP contribution in [-0.4, -0.2) is 37.0 Å². The van der Waals surface area contributed by atoms with Crippen LogP contribution in [0.25, 0.3) is 27.5 Å². The lowest BCUT2D eigenvalue weighted by Crippen LogP contribution is -2.35. The van der Waals surface area contributed by atoms with Gasteiger partial charge in [0.15, 0.2) is 5.52 Å². The van der Waals surface area contributed by atoms with Crippen molar-refractivity contribution in [3.05, 3.63) is 88.1 Å². The van der Waals surface area contributed by atoms with E-state index in [1.807, 2.05) is 68.6 Å². The van der Waals surface area contributed by atoms with Gasteiger partial charge in [0.2, 0.25) is 5.91 Å². The first kappa shape index (κ1) is 20.7. The standard InChI is InChI=1S/C25H24N6O2/c1-16-23-17(2)31(19-8-4-3-5-9-19)29-24(23)25(33)30(28-16)15-22(32)26-13-12-18-14-27-21-11-7-6-10-20(18)21/h3-11,14,27H,12-13,15H2,1-2H3,(H,26,32). The zero-order valence-electron chi connectivity index (χ0n) is 18.5. The number of nitrogens with one attached hydrogen (secondary N) is 2. The summed E-state index contributed by atoms with van der Waals surface area (Å²) in [5.41, 5.74) is 4.52. The van der Waals surface area contributed by atoms with Crippen LogP contribution in [0.2, 0.25) is 0 Å². The van der Waals surface area contributed by atoms with Crippen molar-refractivity contribution in [1.29, 1.82) is 0 Å². The van der Waals surface area contributed by atoms with Crippen molar-refractivity contribution in [3.63, 3.8) is 0 Å². The maximum absolute atomic E-state index is 13.1. The number of amides is 1. The number of hydrogen-bond acceptors (Lipinski definition) is 4. The van der Waals surface area contributed by atoms with E-state index in [0.29, 0.717) is 24.2 Å². The summed E-state index contributed by atoms with van der Waals surface area (Å²) in [6, 6.07) is 17.7. The molecule has 0 saturated carbocycles. The number of para-hydroxylation sites is 2. The van der Waals surface area contributed by atoms with Crippen molar-refractivity contribution in [2.45, 2.75) is 26.8 Å². The van der Waals surface area contributed by atoms with E-state index in [0.717, 1.165) is 33.2 Å². The van der Waals surface area contributed by atoms with E-state index in [9.17, 15) is 9.59 Å². The minimum atomic E-state index is -0.375. The first-order valence-corrected chi connectivity index (χ1v) is 10.9. The van der Waals surface area contributed by atoms with Crippen molar-refractivity contribution in [2.75, 3.05) is 6.54 Å². The second kappa shape index (κ2) is 8.38. The second-order valence-corrected chi connectivity index (χ2v) is 8.06. The number of nitrogens with zero attached hydrogens (tertiary/aromatic N) is 4. The highest BCUT2D eigenvalue weighted by Gasteiger charge is 2.18. The molecule has 0 spiro atoms. The zero-order valence-corrected chi connectivity index (χ0v) is 18.5. The fraction of sp³-hybridized carbons (Fsp3) is 0.200. The summed E-state index contributed by atoms with van der Waals surface area (Å²) < 4.78 is 2.94. The number of aromatic amines is 1. The minimum Gasteiger partial charge on any atom is -0.361 e. The lowest BCUT2D eigenvalue weighted by atomic mass is 10.1. The molecule has 8 nitrogen and oxygen atoms in total. The molecule has 0 aliphatic carbocycles. The molecule has 0 saturated heterocycles. The average molecular weight is 441 g/mol. The number of carbonyl (C=O) groups is 1. The smallest absolute Gasteiger partial charge is 0.295 e. The number of hydrogen-bond donors (Lipinski definition) is 2. The normalized spacial score (nSPS) is 11.3. The third kappa shape index (κ3) is 3.80. The Bertz CT molecular complexity index is 1530. The molecule has 33 heavy (non-hydrogen) atoms. The van der Waals surface area contributed by atoms with Crippen LogP contribution >= 0.6 is 0 Å². The third-order valence-corrected chi connectivity index (χ3v) is 5.87. The highest BCUT2D eigenvalue weighted by Crippen LogP contribution is 2.21. The average Bonchev–Trinajstić information content (AvgIpc) is 3.39. The van der Waals surface area contributed by atoms with Crippen LogP contribution in [0.3, 0.4) is 0 Å². The summed E-state index contributed by atoms with van der Waals surface area (Å²) in [7, 11) is 0. The van der Waals surface area contributed by atoms with Crippen molar-refractivity contribution < 1.29 is 4.79 Å². The van der Waals surface area contributed by atoms with Crippen molar-refractivity contribution in [1.82, 2.24) is 29.9 Å². The van der Waals surface area contributed by atoms with E-state index in [1.165, 1.54) is 4.68 Å². The number of aryl methyl sites for hydroxylation is 2. The van der Waals surface area contributed by atoms with Crippen LogP contribution in [-0.2, 0) is 17.8 Å². The number of H-pyrrole nitrogens is 1. The highest BCUT2D eigenvalue weighted by atomic mass is 16.2. The van der Waals surface area contributed by atoms with Gasteiger partial charge in [-0.1, -0.05) is 36.4 Å². The molecule has 5 aromatic rings. The largest absolute Gasteiger partial charge is 0.361 e. The molecule has 0 bridgehead atoms. The van der Waals surface area contributed by atoms with E-state index < -0.39 is 0 Å². The molecule has 0 atom stereocenters. The molecule has 0 radical (unpaired) electrons. The van der Waals surface area contributed by atoms with Gasteiger partial charge in [0.25, 0.3) is 5.56 Å². The lowest BCUT2D eigenvalue weighted by molar-refractivity contribution is -0.121. The first-order chi connectivity index (χ1) is 16.0. The van der Waals surface area contributed by atoms with E-state index in [2.05, 4.69) is 26.6 Å². The molecule has 0 aliphatic heterocycles. The summed E-state index contributed by atoms with van der Waals surface area (Å²) in [6.07, 6.45) is 2.66. The summed E-state index contributed by atoms with van der Waals surface area (Å²) in [6.45, 7) is 4.06. The molecule has 1 amide bonds. The van der Waals surface area contributed by atoms with Crippen LogP contribution in [0.15, 0.2) is 65.6 Å². The van der Waals surface area contributed by atoms with Gasteiger partial charge in [0.05, 0.1) is 22.5 Å². The van der Waals surface area contributed by atoms with Crippen molar-refractivity contribution in [3.8, 4) is 5.69 Å². The molecule has 166 valence electrons. The van der Waals surface area contributed by atoms with Crippen LogP contribution in [0, 0.1) is 13.8 Å². The molecule has 2 aromatic carbocycles. The Kier molecular flexibility index (Phi) is 5.26. The number of benzene rings is 2. The van der Waals surface area contributed by atoms with Crippen LogP contribution in [0.1, 0.15) is 17.0 Å². The van der Waals surface area contributed by atoms with Gasteiger partial charge in [-0.3, -0.25) is 9.59 Å². The minimum absolute atomic E-state index is 0.152. The van der Waals surface area contributed by atoms with Crippen LogP contribution in [0.4, 0.5) is 0 Å². The van der Waals surface area contributed by atoms with Gasteiger partial charge in [0, 0.05) is 23.6 Å². The van der Waals surface area contributed by atoms with Gasteiger partial charge in [-0.2, -0.15) is 10.2 Å². The van der Waals surface area contributed by atoms with Gasteiger partial charge < -0.3 is 10.3 Å². The van der Waals surface area contributed by atoms with Crippen molar-refractivity contribution in [2.24, 2.45) is 0 Å². The number of rotatable bonds is 6. The molecule has 0 aliphatic rings. The summed E-state index contributed by atoms with van der Waals surface area (Å²) in [5, 5.41) is 13.7. The fourth-order valence-corrected chi connectivity index (χ4v) is 4.28. The maximum atomic E-state index is 13.1. The second-order valence-electron chi connectivity index (χ2n) is 8.06. The Balaban J connectivity index is 1.34. The molecular formula is C25H24N6O2. The van der Waals surface area contributed by atoms with Crippen LogP contribution < -0.4 is 10.9 Å². The number of carbonyl (C=O) groups excluding carboxylic acids is 1. The molecule has 5 rings (SSSR count). The Morgan fingerprint density at radius 1 is 1.03 bits per heavy atom. The zero-order chi connectivity index (χ0) is 22.9. The Labute approximate surface area is 189 Å². The number of fused-ring (bicyclic) bond motifs is 2. The predicted molar refractivity (Wildman–Crippen MR) is 128 cm³/mol. The van der Waals surface area contributed by atoms with Gasteiger partial charge in [0.1, 0.15) is 6.54 Å². The van der Waals surface area contributed by atoms with Gasteiger partial charge in [-0.05, 0) is 44.0 Å². The van der Waals surface area contributed by atoms with E-state index in [-0.39, 0.29) is 18.0 Å². The van der Waals surface area contributed by atoms with Gasteiger partial charge in [-0.25, -0.2) is 9.36 Å².